The van der Waals surface area contributed by atoms with E-state index in [4.69, 9.17) is 21.6 Å². The molecule has 1 unspecified atom stereocenters. The van der Waals surface area contributed by atoms with Gasteiger partial charge in [-0.1, -0.05) is 103 Å². The van der Waals surface area contributed by atoms with E-state index >= 15 is 0 Å². The molecule has 1 aliphatic heterocycles. The highest BCUT2D eigenvalue weighted by molar-refractivity contribution is 6.30. The van der Waals surface area contributed by atoms with E-state index in [0.29, 0.717) is 0 Å². The van der Waals surface area contributed by atoms with Crippen LogP contribution < -0.4 is 0 Å². The van der Waals surface area contributed by atoms with Crippen LogP contribution in [0, 0.1) is 0 Å². The van der Waals surface area contributed by atoms with Crippen molar-refractivity contribution in [1.82, 2.24) is 0 Å². The summed E-state index contributed by atoms with van der Waals surface area (Å²) >= 11 is 6.06. The van der Waals surface area contributed by atoms with Crippen molar-refractivity contribution in [2.45, 2.75) is 12.5 Å². The van der Waals surface area contributed by atoms with Gasteiger partial charge in [0.1, 0.15) is 0 Å². The molecule has 0 radical (unpaired) electrons. The molecule has 3 heteroatoms. The van der Waals surface area contributed by atoms with Crippen LogP contribution in [0.15, 0.2) is 119 Å². The predicted octanol–water partition coefficient (Wildman–Crippen LogP) is 7.39. The zero-order valence-corrected chi connectivity index (χ0v) is 17.7. The van der Waals surface area contributed by atoms with Crippen LogP contribution in [0.5, 0.6) is 0 Å². The highest BCUT2D eigenvalue weighted by atomic mass is 35.5. The summed E-state index contributed by atoms with van der Waals surface area (Å²) in [6, 6.07) is 37.2. The first-order valence-electron chi connectivity index (χ1n) is 10.4. The number of rotatable bonds is 4. The molecular formula is C28H21ClN2. The molecule has 1 aliphatic rings. The topological polar surface area (TPSA) is 24.7 Å². The molecule has 0 fully saturated rings. The van der Waals surface area contributed by atoms with Gasteiger partial charge in [-0.25, -0.2) is 4.99 Å². The Morgan fingerprint density at radius 2 is 1.26 bits per heavy atom. The lowest BCUT2D eigenvalue weighted by atomic mass is 9.95. The smallest absolute Gasteiger partial charge is 0.155 e. The number of benzene rings is 4. The molecule has 0 spiro atoms. The summed E-state index contributed by atoms with van der Waals surface area (Å²) in [6.07, 6.45) is 0.786. The SMILES string of the molecule is Clc1ccc(-c2cccc(C3=NC(c4ccccc4)CC(c4ccccc4)=N3)c2)cc1. The molecule has 0 amide bonds. The van der Waals surface area contributed by atoms with Gasteiger partial charge in [-0.05, 0) is 40.5 Å². The van der Waals surface area contributed by atoms with E-state index in [1.165, 1.54) is 5.56 Å². The van der Waals surface area contributed by atoms with Gasteiger partial charge in [0.15, 0.2) is 5.84 Å². The first-order chi connectivity index (χ1) is 15.3. The lowest BCUT2D eigenvalue weighted by Gasteiger charge is -2.21. The van der Waals surface area contributed by atoms with Crippen LogP contribution >= 0.6 is 11.6 Å². The Kier molecular flexibility index (Phi) is 5.47. The fraction of sp³-hybridized carbons (Fsp3) is 0.0714. The summed E-state index contributed by atoms with van der Waals surface area (Å²) in [5, 5.41) is 0.736. The minimum Gasteiger partial charge on any atom is -0.258 e. The van der Waals surface area contributed by atoms with Crippen molar-refractivity contribution in [3.63, 3.8) is 0 Å². The fourth-order valence-electron chi connectivity index (χ4n) is 3.88. The number of hydrogen-bond acceptors (Lipinski definition) is 2. The summed E-state index contributed by atoms with van der Waals surface area (Å²) in [5.41, 5.74) is 6.67. The van der Waals surface area contributed by atoms with Gasteiger partial charge in [0.25, 0.3) is 0 Å². The van der Waals surface area contributed by atoms with Crippen LogP contribution in [0.1, 0.15) is 29.2 Å². The van der Waals surface area contributed by atoms with Gasteiger partial charge in [0, 0.05) is 17.0 Å². The fourth-order valence-corrected chi connectivity index (χ4v) is 4.00. The lowest BCUT2D eigenvalue weighted by molar-refractivity contribution is 0.753. The Morgan fingerprint density at radius 3 is 2.00 bits per heavy atom. The van der Waals surface area contributed by atoms with Crippen LogP contribution in [0.2, 0.25) is 5.02 Å². The molecule has 4 aromatic carbocycles. The van der Waals surface area contributed by atoms with Crippen molar-refractivity contribution in [3.8, 4) is 11.1 Å². The average Bonchev–Trinajstić information content (AvgIpc) is 2.85. The second-order valence-electron chi connectivity index (χ2n) is 7.60. The van der Waals surface area contributed by atoms with E-state index in [1.54, 1.807) is 0 Å². The number of amidine groups is 1. The Balaban J connectivity index is 1.58. The molecule has 1 heterocycles. The molecule has 5 rings (SSSR count). The van der Waals surface area contributed by atoms with Crippen molar-refractivity contribution >= 4 is 23.1 Å². The largest absolute Gasteiger partial charge is 0.258 e. The molecule has 1 atom stereocenters. The molecule has 4 aromatic rings. The van der Waals surface area contributed by atoms with Crippen LogP contribution in [0.25, 0.3) is 11.1 Å². The molecule has 2 nitrogen and oxygen atoms in total. The van der Waals surface area contributed by atoms with E-state index in [0.717, 1.165) is 45.2 Å². The number of aliphatic imine (C=N–C) groups is 2. The maximum absolute atomic E-state index is 6.06. The first-order valence-corrected chi connectivity index (χ1v) is 10.8. The molecule has 31 heavy (non-hydrogen) atoms. The van der Waals surface area contributed by atoms with Crippen molar-refractivity contribution in [2.24, 2.45) is 9.98 Å². The zero-order valence-electron chi connectivity index (χ0n) is 16.9. The van der Waals surface area contributed by atoms with Gasteiger partial charge in [-0.2, -0.15) is 0 Å². The zero-order chi connectivity index (χ0) is 21.0. The number of nitrogens with zero attached hydrogens (tertiary/aromatic N) is 2. The second kappa shape index (κ2) is 8.71. The van der Waals surface area contributed by atoms with Gasteiger partial charge >= 0.3 is 0 Å². The molecule has 150 valence electrons. The molecule has 0 aliphatic carbocycles. The summed E-state index contributed by atoms with van der Waals surface area (Å²) in [7, 11) is 0. The van der Waals surface area contributed by atoms with Crippen molar-refractivity contribution in [2.75, 3.05) is 0 Å². The van der Waals surface area contributed by atoms with Crippen molar-refractivity contribution in [1.29, 1.82) is 0 Å². The summed E-state index contributed by atoms with van der Waals surface area (Å²) in [4.78, 5) is 10.0. The maximum atomic E-state index is 6.06. The second-order valence-corrected chi connectivity index (χ2v) is 8.03. The number of halogens is 1. The van der Waals surface area contributed by atoms with E-state index in [2.05, 4.69) is 72.8 Å². The van der Waals surface area contributed by atoms with Gasteiger partial charge in [0.2, 0.25) is 0 Å². The summed E-state index contributed by atoms with van der Waals surface area (Å²) in [6.45, 7) is 0. The molecule has 0 N–H and O–H groups in total. The summed E-state index contributed by atoms with van der Waals surface area (Å²) < 4.78 is 0. The van der Waals surface area contributed by atoms with Gasteiger partial charge in [0.05, 0.1) is 11.8 Å². The Labute approximate surface area is 187 Å². The van der Waals surface area contributed by atoms with E-state index < -0.39 is 0 Å². The first kappa shape index (κ1) is 19.5. The average molecular weight is 421 g/mol. The van der Waals surface area contributed by atoms with Gasteiger partial charge < -0.3 is 0 Å². The minimum absolute atomic E-state index is 0.0445. The van der Waals surface area contributed by atoms with Gasteiger partial charge in [-0.3, -0.25) is 4.99 Å². The normalized spacial score (nSPS) is 15.8. The van der Waals surface area contributed by atoms with Crippen LogP contribution in [-0.4, -0.2) is 11.5 Å². The van der Waals surface area contributed by atoms with E-state index in [1.807, 2.05) is 36.4 Å². The molecular weight excluding hydrogens is 400 g/mol. The predicted molar refractivity (Wildman–Crippen MR) is 130 cm³/mol. The van der Waals surface area contributed by atoms with Crippen LogP contribution in [0.4, 0.5) is 0 Å². The quantitative estimate of drug-likeness (QED) is 0.329. The standard InChI is InChI=1S/C28H21ClN2/c29-25-16-14-20(15-17-25)23-12-7-13-24(18-23)28-30-26(21-8-3-1-4-9-21)19-27(31-28)22-10-5-2-6-11-22/h1-18,26H,19H2. The Bertz CT molecular complexity index is 1240. The molecule has 0 bridgehead atoms. The lowest BCUT2D eigenvalue weighted by Crippen LogP contribution is -2.17. The maximum Gasteiger partial charge on any atom is 0.155 e. The van der Waals surface area contributed by atoms with E-state index in [9.17, 15) is 0 Å². The monoisotopic (exact) mass is 420 g/mol. The van der Waals surface area contributed by atoms with Crippen molar-refractivity contribution in [3.05, 3.63) is 131 Å². The third-order valence-corrected chi connectivity index (χ3v) is 5.75. The van der Waals surface area contributed by atoms with Crippen molar-refractivity contribution < 1.29 is 0 Å². The van der Waals surface area contributed by atoms with Crippen LogP contribution in [-0.2, 0) is 0 Å². The van der Waals surface area contributed by atoms with Gasteiger partial charge in [-0.15, -0.1) is 0 Å². The third-order valence-electron chi connectivity index (χ3n) is 5.50. The molecule has 0 saturated carbocycles. The third kappa shape index (κ3) is 4.35. The highest BCUT2D eigenvalue weighted by Crippen LogP contribution is 2.30. The highest BCUT2D eigenvalue weighted by Gasteiger charge is 2.22. The Hall–Kier alpha value is -3.49. The van der Waals surface area contributed by atoms with Crippen LogP contribution in [0.3, 0.4) is 0 Å². The molecule has 0 saturated heterocycles. The summed E-state index contributed by atoms with van der Waals surface area (Å²) in [5.74, 6) is 0.773. The minimum atomic E-state index is 0.0445. The van der Waals surface area contributed by atoms with E-state index in [-0.39, 0.29) is 6.04 Å². The molecule has 0 aromatic heterocycles. The Morgan fingerprint density at radius 1 is 0.613 bits per heavy atom. The number of hydrogen-bond donors (Lipinski definition) is 0.